The first-order chi connectivity index (χ1) is 9.22. The fraction of sp³-hybridized carbons (Fsp3) is 0.333. The molecule has 3 rings (SSSR count). The molecular weight excluding hydrogens is 279 g/mol. The molecule has 1 aromatic heterocycles. The van der Waals surface area contributed by atoms with Gasteiger partial charge in [0, 0.05) is 21.9 Å². The average Bonchev–Trinajstić information content (AvgIpc) is 2.85. The maximum atomic E-state index is 12.8. The van der Waals surface area contributed by atoms with Crippen LogP contribution in [0.15, 0.2) is 30.3 Å². The molecule has 1 atom stereocenters. The SMILES string of the molecule is OC(Cc1ccc(F)cc1)c1cc2c(s1)CCSC2. The Labute approximate surface area is 120 Å². The Morgan fingerprint density at radius 2 is 2.05 bits per heavy atom. The zero-order valence-electron chi connectivity index (χ0n) is 10.4. The Bertz CT molecular complexity index is 539. The maximum absolute atomic E-state index is 12.8. The molecule has 0 radical (unpaired) electrons. The van der Waals surface area contributed by atoms with E-state index >= 15 is 0 Å². The maximum Gasteiger partial charge on any atom is 0.123 e. The Morgan fingerprint density at radius 1 is 1.26 bits per heavy atom. The van der Waals surface area contributed by atoms with E-state index in [0.29, 0.717) is 6.42 Å². The van der Waals surface area contributed by atoms with Crippen molar-refractivity contribution in [3.8, 4) is 0 Å². The lowest BCUT2D eigenvalue weighted by molar-refractivity contribution is 0.182. The predicted molar refractivity (Wildman–Crippen MR) is 79.2 cm³/mol. The van der Waals surface area contributed by atoms with Gasteiger partial charge in [-0.2, -0.15) is 11.8 Å². The molecule has 1 N–H and O–H groups in total. The molecule has 0 aliphatic carbocycles. The van der Waals surface area contributed by atoms with Crippen LogP contribution < -0.4 is 0 Å². The molecule has 4 heteroatoms. The lowest BCUT2D eigenvalue weighted by atomic mass is 10.1. The molecule has 1 unspecified atom stereocenters. The number of hydrogen-bond acceptors (Lipinski definition) is 3. The first-order valence-electron chi connectivity index (χ1n) is 6.34. The molecule has 0 bridgehead atoms. The minimum atomic E-state index is -0.480. The van der Waals surface area contributed by atoms with Crippen molar-refractivity contribution in [2.24, 2.45) is 0 Å². The first-order valence-corrected chi connectivity index (χ1v) is 8.31. The smallest absolute Gasteiger partial charge is 0.123 e. The summed E-state index contributed by atoms with van der Waals surface area (Å²) in [5.41, 5.74) is 2.35. The molecular formula is C15H15FOS2. The van der Waals surface area contributed by atoms with Gasteiger partial charge in [0.05, 0.1) is 6.10 Å². The summed E-state index contributed by atoms with van der Waals surface area (Å²) in [6.45, 7) is 0. The molecule has 1 aromatic carbocycles. The van der Waals surface area contributed by atoms with Crippen LogP contribution in [0.5, 0.6) is 0 Å². The number of hydrogen-bond donors (Lipinski definition) is 1. The van der Waals surface area contributed by atoms with Crippen LogP contribution in [-0.4, -0.2) is 10.9 Å². The summed E-state index contributed by atoms with van der Waals surface area (Å²) in [4.78, 5) is 2.46. The van der Waals surface area contributed by atoms with Gasteiger partial charge in [0.1, 0.15) is 5.82 Å². The molecule has 100 valence electrons. The van der Waals surface area contributed by atoms with Gasteiger partial charge in [0.2, 0.25) is 0 Å². The molecule has 2 heterocycles. The van der Waals surface area contributed by atoms with Crippen LogP contribution in [0.4, 0.5) is 4.39 Å². The lowest BCUT2D eigenvalue weighted by Crippen LogP contribution is -1.99. The van der Waals surface area contributed by atoms with Gasteiger partial charge >= 0.3 is 0 Å². The molecule has 1 aliphatic rings. The third-order valence-corrected chi connectivity index (χ3v) is 5.66. The van der Waals surface area contributed by atoms with Crippen molar-refractivity contribution in [3.63, 3.8) is 0 Å². The zero-order valence-corrected chi connectivity index (χ0v) is 12.1. The quantitative estimate of drug-likeness (QED) is 0.925. The van der Waals surface area contributed by atoms with Crippen LogP contribution >= 0.6 is 23.1 Å². The summed E-state index contributed by atoms with van der Waals surface area (Å²) in [5.74, 6) is 2.01. The van der Waals surface area contributed by atoms with Crippen molar-refractivity contribution >= 4 is 23.1 Å². The molecule has 0 spiro atoms. The van der Waals surface area contributed by atoms with E-state index < -0.39 is 6.10 Å². The number of thioether (sulfide) groups is 1. The molecule has 0 amide bonds. The van der Waals surface area contributed by atoms with Gasteiger partial charge in [-0.05, 0) is 41.5 Å². The van der Waals surface area contributed by atoms with E-state index in [-0.39, 0.29) is 5.82 Å². The van der Waals surface area contributed by atoms with Crippen molar-refractivity contribution in [1.29, 1.82) is 0 Å². The Kier molecular flexibility index (Phi) is 3.91. The average molecular weight is 294 g/mol. The number of fused-ring (bicyclic) bond motifs is 1. The summed E-state index contributed by atoms with van der Waals surface area (Å²) in [5, 5.41) is 10.3. The standard InChI is InChI=1S/C15H15FOS2/c16-12-3-1-10(2-4-12)7-13(17)15-8-11-9-18-6-5-14(11)19-15/h1-4,8,13,17H,5-7,9H2. The molecule has 1 aliphatic heterocycles. The second-order valence-corrected chi connectivity index (χ2v) is 7.02. The third kappa shape index (κ3) is 3.02. The number of aryl methyl sites for hydroxylation is 1. The number of rotatable bonds is 3. The van der Waals surface area contributed by atoms with Crippen LogP contribution in [0, 0.1) is 5.82 Å². The van der Waals surface area contributed by atoms with E-state index in [0.717, 1.165) is 22.6 Å². The highest BCUT2D eigenvalue weighted by Gasteiger charge is 2.18. The van der Waals surface area contributed by atoms with Crippen molar-refractivity contribution in [1.82, 2.24) is 0 Å². The normalized spacial score (nSPS) is 16.1. The van der Waals surface area contributed by atoms with Crippen LogP contribution in [0.3, 0.4) is 0 Å². The van der Waals surface area contributed by atoms with Crippen LogP contribution in [-0.2, 0) is 18.6 Å². The van der Waals surface area contributed by atoms with Crippen molar-refractivity contribution in [2.75, 3.05) is 5.75 Å². The number of aliphatic hydroxyl groups excluding tert-OH is 1. The van der Waals surface area contributed by atoms with Gasteiger partial charge in [-0.1, -0.05) is 12.1 Å². The molecule has 0 saturated carbocycles. The van der Waals surface area contributed by atoms with E-state index in [2.05, 4.69) is 6.07 Å². The number of benzene rings is 1. The highest BCUT2D eigenvalue weighted by atomic mass is 32.2. The lowest BCUT2D eigenvalue weighted by Gasteiger charge is -2.08. The fourth-order valence-corrected chi connectivity index (χ4v) is 4.64. The van der Waals surface area contributed by atoms with Gasteiger partial charge in [0.25, 0.3) is 0 Å². The number of halogens is 1. The Hall–Kier alpha value is -0.840. The molecule has 2 aromatic rings. The third-order valence-electron chi connectivity index (χ3n) is 3.32. The predicted octanol–water partition coefficient (Wildman–Crippen LogP) is 3.95. The van der Waals surface area contributed by atoms with Crippen LogP contribution in [0.25, 0.3) is 0 Å². The van der Waals surface area contributed by atoms with Crippen molar-refractivity contribution in [2.45, 2.75) is 24.7 Å². The minimum Gasteiger partial charge on any atom is -0.387 e. The first kappa shape index (κ1) is 13.2. The van der Waals surface area contributed by atoms with Crippen molar-refractivity contribution < 1.29 is 9.50 Å². The molecule has 0 fully saturated rings. The highest BCUT2D eigenvalue weighted by Crippen LogP contribution is 2.35. The van der Waals surface area contributed by atoms with E-state index in [1.165, 1.54) is 28.3 Å². The van der Waals surface area contributed by atoms with Crippen LogP contribution in [0.2, 0.25) is 0 Å². The van der Waals surface area contributed by atoms with Gasteiger partial charge in [-0.15, -0.1) is 11.3 Å². The molecule has 0 saturated heterocycles. The molecule has 1 nitrogen and oxygen atoms in total. The van der Waals surface area contributed by atoms with Crippen molar-refractivity contribution in [3.05, 3.63) is 57.0 Å². The van der Waals surface area contributed by atoms with Crippen LogP contribution in [0.1, 0.15) is 27.0 Å². The second kappa shape index (κ2) is 5.65. The summed E-state index contributed by atoms with van der Waals surface area (Å²) >= 11 is 3.68. The minimum absolute atomic E-state index is 0.234. The van der Waals surface area contributed by atoms with Gasteiger partial charge in [-0.3, -0.25) is 0 Å². The summed E-state index contributed by atoms with van der Waals surface area (Å²) in [6, 6.07) is 8.50. The van der Waals surface area contributed by atoms with E-state index in [1.54, 1.807) is 23.5 Å². The van der Waals surface area contributed by atoms with Gasteiger partial charge in [0.15, 0.2) is 0 Å². The van der Waals surface area contributed by atoms with Gasteiger partial charge < -0.3 is 5.11 Å². The van der Waals surface area contributed by atoms with E-state index in [1.807, 2.05) is 11.8 Å². The van der Waals surface area contributed by atoms with Gasteiger partial charge in [-0.25, -0.2) is 4.39 Å². The van der Waals surface area contributed by atoms with E-state index in [9.17, 15) is 9.50 Å². The Morgan fingerprint density at radius 3 is 2.79 bits per heavy atom. The number of aliphatic hydroxyl groups is 1. The Balaban J connectivity index is 1.74. The second-order valence-electron chi connectivity index (χ2n) is 4.75. The fourth-order valence-electron chi connectivity index (χ4n) is 2.28. The number of thiophene rings is 1. The summed E-state index contributed by atoms with van der Waals surface area (Å²) in [7, 11) is 0. The topological polar surface area (TPSA) is 20.2 Å². The summed E-state index contributed by atoms with van der Waals surface area (Å²) in [6.07, 6.45) is 1.19. The summed E-state index contributed by atoms with van der Waals surface area (Å²) < 4.78 is 12.8. The molecule has 19 heavy (non-hydrogen) atoms. The monoisotopic (exact) mass is 294 g/mol. The zero-order chi connectivity index (χ0) is 13.2. The van der Waals surface area contributed by atoms with E-state index in [4.69, 9.17) is 0 Å². The highest BCUT2D eigenvalue weighted by molar-refractivity contribution is 7.98. The largest absolute Gasteiger partial charge is 0.387 e.